The predicted octanol–water partition coefficient (Wildman–Crippen LogP) is 5.81. The minimum Gasteiger partial charge on any atom is -0.497 e. The van der Waals surface area contributed by atoms with Crippen LogP contribution in [0.1, 0.15) is 68.0 Å². The van der Waals surface area contributed by atoms with Crippen molar-refractivity contribution in [2.24, 2.45) is 0 Å². The maximum absolute atomic E-state index is 12.9. The van der Waals surface area contributed by atoms with Crippen molar-refractivity contribution in [2.75, 3.05) is 32.7 Å². The Morgan fingerprint density at radius 3 is 2.21 bits per heavy atom. The van der Waals surface area contributed by atoms with Crippen LogP contribution in [0.25, 0.3) is 27.5 Å². The second-order valence-electron chi connectivity index (χ2n) is 10.5. The average molecular weight is 575 g/mol. The van der Waals surface area contributed by atoms with Crippen LogP contribution in [0, 0.1) is 0 Å². The number of para-hydroxylation sites is 1. The molecular formula is C33H42N4O5. The highest BCUT2D eigenvalue weighted by Gasteiger charge is 2.38. The largest absolute Gasteiger partial charge is 0.497 e. The molecule has 2 aromatic carbocycles. The summed E-state index contributed by atoms with van der Waals surface area (Å²) in [6.45, 7) is 13.3. The summed E-state index contributed by atoms with van der Waals surface area (Å²) < 4.78 is 12.3. The van der Waals surface area contributed by atoms with E-state index in [4.69, 9.17) is 9.47 Å². The normalized spacial score (nSPS) is 12.8. The van der Waals surface area contributed by atoms with Gasteiger partial charge < -0.3 is 24.1 Å². The Hall–Kier alpha value is -4.37. The first-order chi connectivity index (χ1) is 20.1. The SMILES string of the molecule is CC.CCNC=O.COC(C)(C)C.COc1ccc2c(c1)-c1c3c(n4c(cc5ccccc54)c1CN2C)C(=O)NC3=O. The highest BCUT2D eigenvalue weighted by Crippen LogP contribution is 2.46. The highest BCUT2D eigenvalue weighted by atomic mass is 16.5. The van der Waals surface area contributed by atoms with Crippen molar-refractivity contribution in [2.45, 2.75) is 53.7 Å². The predicted molar refractivity (Wildman–Crippen MR) is 169 cm³/mol. The number of nitrogens with zero attached hydrogens (tertiary/aromatic N) is 2. The number of fused-ring (bicyclic) bond motifs is 10. The molecule has 4 heterocycles. The van der Waals surface area contributed by atoms with Gasteiger partial charge in [0.15, 0.2) is 0 Å². The molecule has 9 heteroatoms. The van der Waals surface area contributed by atoms with Gasteiger partial charge in [0.1, 0.15) is 11.4 Å². The van der Waals surface area contributed by atoms with Crippen LogP contribution in [0.15, 0.2) is 48.5 Å². The fourth-order valence-corrected chi connectivity index (χ4v) is 4.83. The van der Waals surface area contributed by atoms with Gasteiger partial charge in [0.2, 0.25) is 6.41 Å². The second kappa shape index (κ2) is 13.5. The number of benzene rings is 2. The topological polar surface area (TPSA) is 101 Å². The van der Waals surface area contributed by atoms with Crippen molar-refractivity contribution < 1.29 is 23.9 Å². The number of pyridine rings is 1. The summed E-state index contributed by atoms with van der Waals surface area (Å²) in [5.74, 6) is 0.00526. The highest BCUT2D eigenvalue weighted by molar-refractivity contribution is 6.25. The van der Waals surface area contributed by atoms with Crippen LogP contribution in [-0.2, 0) is 16.1 Å². The monoisotopic (exact) mass is 574 g/mol. The molecule has 2 aliphatic rings. The fourth-order valence-electron chi connectivity index (χ4n) is 4.83. The van der Waals surface area contributed by atoms with Crippen LogP contribution in [0.4, 0.5) is 5.69 Å². The number of imide groups is 1. The molecule has 0 saturated heterocycles. The summed E-state index contributed by atoms with van der Waals surface area (Å²) in [5.41, 5.74) is 6.54. The Bertz CT molecular complexity index is 1600. The first-order valence-electron chi connectivity index (χ1n) is 14.1. The lowest BCUT2D eigenvalue weighted by Gasteiger charge is -2.31. The quantitative estimate of drug-likeness (QED) is 0.237. The number of amides is 3. The van der Waals surface area contributed by atoms with E-state index in [1.54, 1.807) is 14.2 Å². The van der Waals surface area contributed by atoms with Gasteiger partial charge in [0.05, 0.1) is 29.3 Å². The summed E-state index contributed by atoms with van der Waals surface area (Å²) >= 11 is 0. The van der Waals surface area contributed by atoms with Crippen molar-refractivity contribution in [3.63, 3.8) is 0 Å². The molecular weight excluding hydrogens is 532 g/mol. The first kappa shape index (κ1) is 32.1. The molecule has 9 nitrogen and oxygen atoms in total. The summed E-state index contributed by atoms with van der Waals surface area (Å²) in [4.78, 5) is 37.2. The third-order valence-electron chi connectivity index (χ3n) is 6.88. The van der Waals surface area contributed by atoms with Crippen LogP contribution in [0.2, 0.25) is 0 Å². The molecule has 0 spiro atoms. The van der Waals surface area contributed by atoms with Crippen molar-refractivity contribution in [1.29, 1.82) is 0 Å². The molecule has 0 fully saturated rings. The van der Waals surface area contributed by atoms with Gasteiger partial charge in [-0.3, -0.25) is 19.7 Å². The smallest absolute Gasteiger partial charge is 0.275 e. The molecule has 2 aromatic heterocycles. The number of aromatic nitrogens is 1. The van der Waals surface area contributed by atoms with Gasteiger partial charge >= 0.3 is 0 Å². The first-order valence-corrected chi connectivity index (χ1v) is 14.1. The third kappa shape index (κ3) is 6.26. The van der Waals surface area contributed by atoms with E-state index in [1.165, 1.54) is 0 Å². The molecule has 0 unspecified atom stereocenters. The van der Waals surface area contributed by atoms with Gasteiger partial charge in [-0.25, -0.2) is 0 Å². The van der Waals surface area contributed by atoms with E-state index in [1.807, 2.05) is 95.5 Å². The minimum absolute atomic E-state index is 0.0417. The van der Waals surface area contributed by atoms with Crippen LogP contribution in [0.5, 0.6) is 5.75 Å². The molecule has 2 N–H and O–H groups in total. The van der Waals surface area contributed by atoms with E-state index >= 15 is 0 Å². The van der Waals surface area contributed by atoms with E-state index in [0.717, 1.165) is 45.3 Å². The molecule has 224 valence electrons. The Balaban J connectivity index is 0.000000318. The lowest BCUT2D eigenvalue weighted by atomic mass is 9.88. The molecule has 42 heavy (non-hydrogen) atoms. The van der Waals surface area contributed by atoms with Crippen LogP contribution in [0.3, 0.4) is 0 Å². The van der Waals surface area contributed by atoms with E-state index in [9.17, 15) is 14.4 Å². The zero-order valence-electron chi connectivity index (χ0n) is 26.0. The Labute approximate surface area is 247 Å². The van der Waals surface area contributed by atoms with Crippen LogP contribution < -0.4 is 20.3 Å². The van der Waals surface area contributed by atoms with E-state index in [-0.39, 0.29) is 17.4 Å². The zero-order valence-corrected chi connectivity index (χ0v) is 26.0. The Morgan fingerprint density at radius 2 is 1.64 bits per heavy atom. The number of anilines is 1. The minimum atomic E-state index is -0.359. The molecule has 0 atom stereocenters. The van der Waals surface area contributed by atoms with Gasteiger partial charge in [-0.05, 0) is 58.0 Å². The van der Waals surface area contributed by atoms with Crippen molar-refractivity contribution in [1.82, 2.24) is 15.0 Å². The number of rotatable bonds is 3. The second-order valence-corrected chi connectivity index (χ2v) is 10.5. The maximum atomic E-state index is 12.9. The number of carbonyl (C=O) groups is 3. The van der Waals surface area contributed by atoms with Crippen LogP contribution in [-0.4, -0.2) is 56.0 Å². The van der Waals surface area contributed by atoms with Gasteiger partial charge in [-0.2, -0.15) is 0 Å². The van der Waals surface area contributed by atoms with E-state index in [2.05, 4.69) is 21.6 Å². The average Bonchev–Trinajstić information content (AvgIpc) is 3.51. The van der Waals surface area contributed by atoms with Gasteiger partial charge in [0, 0.05) is 55.0 Å². The molecule has 6 rings (SSSR count). The molecule has 0 radical (unpaired) electrons. The lowest BCUT2D eigenvalue weighted by Crippen LogP contribution is -2.24. The van der Waals surface area contributed by atoms with E-state index in [0.29, 0.717) is 30.0 Å². The molecule has 3 amide bonds. The standard InChI is InChI=1S/C23H17N3O3.C5H12O.C3H7NO.C2H6/c1-25-11-15-18-9-12-5-3-4-6-16(12)26(18)21-20(22(27)24-23(21)28)19(15)14-10-13(29-2)7-8-17(14)25;1-5(2,3)6-4;1-2-4-3-5;1-2/h3-10H,11H2,1-2H3,(H,24,27,28);1-4H3;3H,2H2,1H3,(H,4,5);1-2H3. The van der Waals surface area contributed by atoms with Crippen molar-refractivity contribution in [3.8, 4) is 16.9 Å². The number of hydrogen-bond donors (Lipinski definition) is 2. The Kier molecular flexibility index (Phi) is 10.4. The molecule has 2 aliphatic heterocycles. The molecule has 0 aliphatic carbocycles. The third-order valence-corrected chi connectivity index (χ3v) is 6.88. The van der Waals surface area contributed by atoms with Gasteiger partial charge in [0.25, 0.3) is 11.8 Å². The lowest BCUT2D eigenvalue weighted by molar-refractivity contribution is -0.109. The number of methoxy groups -OCH3 is 2. The van der Waals surface area contributed by atoms with Crippen LogP contribution >= 0.6 is 0 Å². The summed E-state index contributed by atoms with van der Waals surface area (Å²) in [5, 5.41) is 5.97. The number of hydrogen-bond acceptors (Lipinski definition) is 6. The molecule has 4 aromatic rings. The zero-order chi connectivity index (χ0) is 31.2. The summed E-state index contributed by atoms with van der Waals surface area (Å²) in [6, 6.07) is 15.9. The van der Waals surface area contributed by atoms with E-state index < -0.39 is 0 Å². The number of nitrogens with one attached hydrogen (secondary N) is 2. The fraction of sp³-hybridized carbons (Fsp3) is 0.364. The van der Waals surface area contributed by atoms with Gasteiger partial charge in [-0.15, -0.1) is 0 Å². The van der Waals surface area contributed by atoms with Crippen molar-refractivity contribution >= 4 is 40.3 Å². The molecule has 0 saturated carbocycles. The summed E-state index contributed by atoms with van der Waals surface area (Å²) in [6.07, 6.45) is 0.681. The maximum Gasteiger partial charge on any atom is 0.275 e. The van der Waals surface area contributed by atoms with Crippen molar-refractivity contribution in [3.05, 3.63) is 65.4 Å². The Morgan fingerprint density at radius 1 is 0.976 bits per heavy atom. The number of ether oxygens (including phenoxy) is 2. The van der Waals surface area contributed by atoms with Gasteiger partial charge in [-0.1, -0.05) is 32.0 Å². The summed E-state index contributed by atoms with van der Waals surface area (Å²) in [7, 11) is 5.37. The number of carbonyl (C=O) groups excluding carboxylic acids is 3. The molecule has 0 bridgehead atoms.